The fourth-order valence-electron chi connectivity index (χ4n) is 3.27. The maximum absolute atomic E-state index is 12.1. The molecule has 1 fully saturated rings. The SMILES string of the molecule is CC(C)C[NH+]1CCO[C@H](C[NH2+][C@@H](C)CC(=O)Nc2ccc(Cl)cc2)C1. The van der Waals surface area contributed by atoms with Crippen molar-refractivity contribution in [2.24, 2.45) is 5.92 Å². The van der Waals surface area contributed by atoms with Crippen LogP contribution in [0.5, 0.6) is 0 Å². The number of morpholine rings is 1. The van der Waals surface area contributed by atoms with Crippen LogP contribution in [0, 0.1) is 5.92 Å². The maximum atomic E-state index is 12.1. The smallest absolute Gasteiger partial charge is 0.230 e. The van der Waals surface area contributed by atoms with Gasteiger partial charge in [-0.05, 0) is 31.2 Å². The number of carbonyl (C=O) groups is 1. The van der Waals surface area contributed by atoms with Gasteiger partial charge in [0.2, 0.25) is 5.91 Å². The molecule has 1 unspecified atom stereocenters. The van der Waals surface area contributed by atoms with Gasteiger partial charge in [0.05, 0.1) is 25.6 Å². The molecule has 1 saturated heterocycles. The molecule has 0 aromatic heterocycles. The van der Waals surface area contributed by atoms with E-state index in [1.807, 2.05) is 12.1 Å². The third-order valence-corrected chi connectivity index (χ3v) is 4.71. The van der Waals surface area contributed by atoms with Gasteiger partial charge in [0, 0.05) is 16.6 Å². The van der Waals surface area contributed by atoms with Crippen molar-refractivity contribution in [3.63, 3.8) is 0 Å². The van der Waals surface area contributed by atoms with Gasteiger partial charge in [-0.1, -0.05) is 25.4 Å². The van der Waals surface area contributed by atoms with Gasteiger partial charge in [0.25, 0.3) is 0 Å². The maximum Gasteiger partial charge on any atom is 0.230 e. The fourth-order valence-corrected chi connectivity index (χ4v) is 3.40. The van der Waals surface area contributed by atoms with Crippen LogP contribution in [-0.2, 0) is 9.53 Å². The quantitative estimate of drug-likeness (QED) is 0.627. The van der Waals surface area contributed by atoms with E-state index in [-0.39, 0.29) is 18.1 Å². The lowest BCUT2D eigenvalue weighted by atomic mass is 10.1. The molecule has 6 heteroatoms. The minimum Gasteiger partial charge on any atom is -0.361 e. The summed E-state index contributed by atoms with van der Waals surface area (Å²) in [5.41, 5.74) is 0.783. The first kappa shape index (κ1) is 20.2. The fraction of sp³-hybridized carbons (Fsp3) is 0.632. The van der Waals surface area contributed by atoms with E-state index in [2.05, 4.69) is 31.4 Å². The summed E-state index contributed by atoms with van der Waals surface area (Å²) in [6.45, 7) is 11.8. The first-order valence-electron chi connectivity index (χ1n) is 9.26. The van der Waals surface area contributed by atoms with Gasteiger partial charge >= 0.3 is 0 Å². The minimum absolute atomic E-state index is 0.0303. The van der Waals surface area contributed by atoms with Crippen molar-refractivity contribution < 1.29 is 19.7 Å². The molecular formula is C19H32ClN3O2+2. The topological polar surface area (TPSA) is 59.4 Å². The summed E-state index contributed by atoms with van der Waals surface area (Å²) < 4.78 is 5.89. The van der Waals surface area contributed by atoms with E-state index < -0.39 is 0 Å². The molecule has 2 rings (SSSR count). The largest absolute Gasteiger partial charge is 0.361 e. The lowest BCUT2D eigenvalue weighted by Crippen LogP contribution is -3.16. The standard InChI is InChI=1S/C19H30ClN3O2/c1-14(2)12-23-8-9-25-18(13-23)11-21-15(3)10-19(24)22-17-6-4-16(20)5-7-17/h4-7,14-15,18,21H,8-13H2,1-3H3,(H,22,24)/p+2/t15-,18+/m0/s1. The third kappa shape index (κ3) is 7.74. The normalized spacial score (nSPS) is 22.0. The number of hydrogen-bond donors (Lipinski definition) is 3. The third-order valence-electron chi connectivity index (χ3n) is 4.46. The van der Waals surface area contributed by atoms with Crippen molar-refractivity contribution in [3.05, 3.63) is 29.3 Å². The first-order valence-corrected chi connectivity index (χ1v) is 9.64. The van der Waals surface area contributed by atoms with Crippen LogP contribution in [0.15, 0.2) is 24.3 Å². The monoisotopic (exact) mass is 369 g/mol. The Labute approximate surface area is 156 Å². The van der Waals surface area contributed by atoms with Crippen LogP contribution in [0.2, 0.25) is 5.02 Å². The van der Waals surface area contributed by atoms with E-state index in [9.17, 15) is 4.79 Å². The molecule has 140 valence electrons. The number of amides is 1. The van der Waals surface area contributed by atoms with Crippen LogP contribution >= 0.6 is 11.6 Å². The Bertz CT molecular complexity index is 536. The van der Waals surface area contributed by atoms with Crippen molar-refractivity contribution in [1.82, 2.24) is 0 Å². The van der Waals surface area contributed by atoms with Crippen molar-refractivity contribution in [2.75, 3.05) is 38.1 Å². The number of anilines is 1. The van der Waals surface area contributed by atoms with Gasteiger partial charge in [0.15, 0.2) is 6.10 Å². The zero-order valence-electron chi connectivity index (χ0n) is 15.6. The van der Waals surface area contributed by atoms with Crippen LogP contribution in [0.4, 0.5) is 5.69 Å². The van der Waals surface area contributed by atoms with E-state index in [4.69, 9.17) is 16.3 Å². The highest BCUT2D eigenvalue weighted by Gasteiger charge is 2.26. The molecule has 4 N–H and O–H groups in total. The second-order valence-electron chi connectivity index (χ2n) is 7.50. The lowest BCUT2D eigenvalue weighted by Gasteiger charge is -2.30. The van der Waals surface area contributed by atoms with Gasteiger partial charge in [-0.15, -0.1) is 0 Å². The Morgan fingerprint density at radius 3 is 2.76 bits per heavy atom. The van der Waals surface area contributed by atoms with Crippen molar-refractivity contribution in [3.8, 4) is 0 Å². The van der Waals surface area contributed by atoms with Crippen molar-refractivity contribution in [2.45, 2.75) is 39.3 Å². The summed E-state index contributed by atoms with van der Waals surface area (Å²) in [5.74, 6) is 0.746. The van der Waals surface area contributed by atoms with Crippen LogP contribution in [0.25, 0.3) is 0 Å². The summed E-state index contributed by atoms with van der Waals surface area (Å²) in [7, 11) is 0. The molecule has 1 aromatic carbocycles. The van der Waals surface area contributed by atoms with Crippen molar-refractivity contribution >= 4 is 23.2 Å². The summed E-state index contributed by atoms with van der Waals surface area (Å²) in [6, 6.07) is 7.41. The van der Waals surface area contributed by atoms with Gasteiger partial charge < -0.3 is 20.3 Å². The minimum atomic E-state index is 0.0303. The zero-order chi connectivity index (χ0) is 18.2. The van der Waals surface area contributed by atoms with Crippen LogP contribution in [0.1, 0.15) is 27.2 Å². The Hall–Kier alpha value is -1.14. The summed E-state index contributed by atoms with van der Waals surface area (Å²) in [6.07, 6.45) is 0.766. The second-order valence-corrected chi connectivity index (χ2v) is 7.94. The molecule has 1 amide bonds. The van der Waals surface area contributed by atoms with E-state index in [0.717, 1.165) is 31.9 Å². The molecule has 1 aliphatic heterocycles. The van der Waals surface area contributed by atoms with Gasteiger partial charge in [0.1, 0.15) is 19.6 Å². The Balaban J connectivity index is 1.68. The summed E-state index contributed by atoms with van der Waals surface area (Å²) in [4.78, 5) is 13.8. The van der Waals surface area contributed by atoms with E-state index >= 15 is 0 Å². The van der Waals surface area contributed by atoms with E-state index in [1.54, 1.807) is 17.0 Å². The highest BCUT2D eigenvalue weighted by atomic mass is 35.5. The van der Waals surface area contributed by atoms with E-state index in [0.29, 0.717) is 17.4 Å². The molecule has 0 radical (unpaired) electrons. The number of quaternary nitrogens is 2. The van der Waals surface area contributed by atoms with Crippen LogP contribution in [0.3, 0.4) is 0 Å². The number of halogens is 1. The molecular weight excluding hydrogens is 338 g/mol. The number of nitrogens with one attached hydrogen (secondary N) is 2. The van der Waals surface area contributed by atoms with E-state index in [1.165, 1.54) is 6.54 Å². The van der Waals surface area contributed by atoms with Gasteiger partial charge in [-0.25, -0.2) is 0 Å². The number of carbonyl (C=O) groups excluding carboxylic acids is 1. The molecule has 0 spiro atoms. The molecule has 5 nitrogen and oxygen atoms in total. The summed E-state index contributed by atoms with van der Waals surface area (Å²) >= 11 is 5.85. The highest BCUT2D eigenvalue weighted by Crippen LogP contribution is 2.13. The Kier molecular flexibility index (Phi) is 8.16. The average molecular weight is 370 g/mol. The van der Waals surface area contributed by atoms with Gasteiger partial charge in [-0.3, -0.25) is 4.79 Å². The highest BCUT2D eigenvalue weighted by molar-refractivity contribution is 6.30. The average Bonchev–Trinajstić information content (AvgIpc) is 2.55. The Morgan fingerprint density at radius 1 is 1.36 bits per heavy atom. The molecule has 0 bridgehead atoms. The second kappa shape index (κ2) is 10.1. The van der Waals surface area contributed by atoms with Gasteiger partial charge in [-0.2, -0.15) is 0 Å². The van der Waals surface area contributed by atoms with Crippen LogP contribution in [-0.4, -0.2) is 50.8 Å². The van der Waals surface area contributed by atoms with Crippen molar-refractivity contribution in [1.29, 1.82) is 0 Å². The first-order chi connectivity index (χ1) is 11.9. The molecule has 25 heavy (non-hydrogen) atoms. The molecule has 3 atom stereocenters. The zero-order valence-corrected chi connectivity index (χ0v) is 16.3. The molecule has 0 saturated carbocycles. The number of nitrogens with two attached hydrogens (primary N) is 1. The number of hydrogen-bond acceptors (Lipinski definition) is 2. The predicted molar refractivity (Wildman–Crippen MR) is 101 cm³/mol. The lowest BCUT2D eigenvalue weighted by molar-refractivity contribution is -0.917. The summed E-state index contributed by atoms with van der Waals surface area (Å²) in [5, 5.41) is 5.81. The number of rotatable bonds is 8. The molecule has 0 aliphatic carbocycles. The predicted octanol–water partition coefficient (Wildman–Crippen LogP) is 0.560. The number of benzene rings is 1. The Morgan fingerprint density at radius 2 is 2.08 bits per heavy atom. The van der Waals surface area contributed by atoms with Crippen LogP contribution < -0.4 is 15.5 Å². The molecule has 1 aromatic rings. The molecule has 1 heterocycles. The number of ether oxygens (including phenoxy) is 1. The molecule has 1 aliphatic rings.